The number of pyridine rings is 1. The Balaban J connectivity index is 2.06. The molecular weight excluding hydrogens is 290 g/mol. The summed E-state index contributed by atoms with van der Waals surface area (Å²) in [7, 11) is 0. The Labute approximate surface area is 134 Å². The van der Waals surface area contributed by atoms with Gasteiger partial charge in [-0.25, -0.2) is 0 Å². The molecule has 0 aliphatic heterocycles. The van der Waals surface area contributed by atoms with Crippen LogP contribution in [-0.4, -0.2) is 23.5 Å². The third-order valence-electron chi connectivity index (χ3n) is 3.85. The number of fused-ring (bicyclic) bond motifs is 1. The van der Waals surface area contributed by atoms with Crippen molar-refractivity contribution in [1.29, 1.82) is 5.41 Å². The SMILES string of the molecule is CCCNc1cc(C=O)ncc1C(=N)c1coc2c1=CCCC=2. The highest BCUT2D eigenvalue weighted by atomic mass is 16.3. The predicted octanol–water partition coefficient (Wildman–Crippen LogP) is 2.08. The van der Waals surface area contributed by atoms with Crippen molar-refractivity contribution in [2.45, 2.75) is 26.2 Å². The first-order chi connectivity index (χ1) is 11.2. The molecule has 0 amide bonds. The molecule has 3 rings (SSSR count). The maximum Gasteiger partial charge on any atom is 0.168 e. The van der Waals surface area contributed by atoms with E-state index in [9.17, 15) is 4.79 Å². The first kappa shape index (κ1) is 15.2. The second kappa shape index (κ2) is 6.60. The van der Waals surface area contributed by atoms with Crippen molar-refractivity contribution < 1.29 is 9.21 Å². The van der Waals surface area contributed by atoms with Gasteiger partial charge in [0, 0.05) is 34.8 Å². The van der Waals surface area contributed by atoms with Crippen LogP contribution in [0.3, 0.4) is 0 Å². The van der Waals surface area contributed by atoms with Crippen LogP contribution in [0.2, 0.25) is 0 Å². The summed E-state index contributed by atoms with van der Waals surface area (Å²) >= 11 is 0. The molecule has 0 saturated carbocycles. The van der Waals surface area contributed by atoms with Crippen molar-refractivity contribution in [2.24, 2.45) is 0 Å². The molecule has 0 bridgehead atoms. The number of nitrogens with zero attached hydrogens (tertiary/aromatic N) is 1. The van der Waals surface area contributed by atoms with Crippen molar-refractivity contribution in [3.8, 4) is 0 Å². The lowest BCUT2D eigenvalue weighted by Crippen LogP contribution is -2.27. The number of rotatable bonds is 6. The maximum atomic E-state index is 11.0. The van der Waals surface area contributed by atoms with Gasteiger partial charge in [0.05, 0.1) is 5.71 Å². The zero-order chi connectivity index (χ0) is 16.2. The third kappa shape index (κ3) is 2.95. The Morgan fingerprint density at radius 3 is 3.00 bits per heavy atom. The van der Waals surface area contributed by atoms with E-state index in [1.54, 1.807) is 18.5 Å². The quantitative estimate of drug-likeness (QED) is 0.632. The standard InChI is InChI=1S/C18H19N3O2/c1-2-7-20-16-8-12(10-22)21-9-14(16)18(19)15-11-23-17-6-4-3-5-13(15)17/h5-6,8-11,19H,2-4,7H2,1H3,(H,20,21). The van der Waals surface area contributed by atoms with Gasteiger partial charge in [0.15, 0.2) is 6.29 Å². The van der Waals surface area contributed by atoms with Crippen LogP contribution in [-0.2, 0) is 0 Å². The normalized spacial score (nSPS) is 12.7. The number of aromatic nitrogens is 1. The van der Waals surface area contributed by atoms with E-state index < -0.39 is 0 Å². The fourth-order valence-electron chi connectivity index (χ4n) is 2.67. The van der Waals surface area contributed by atoms with Crippen molar-refractivity contribution in [3.05, 3.63) is 46.0 Å². The minimum atomic E-state index is 0.352. The monoisotopic (exact) mass is 309 g/mol. The molecule has 2 N–H and O–H groups in total. The Kier molecular flexibility index (Phi) is 4.37. The molecule has 0 unspecified atom stereocenters. The minimum absolute atomic E-state index is 0.352. The van der Waals surface area contributed by atoms with Gasteiger partial charge < -0.3 is 9.73 Å². The van der Waals surface area contributed by atoms with Gasteiger partial charge in [-0.05, 0) is 31.4 Å². The van der Waals surface area contributed by atoms with E-state index in [2.05, 4.69) is 29.4 Å². The molecule has 2 aromatic rings. The van der Waals surface area contributed by atoms with Crippen molar-refractivity contribution >= 4 is 29.8 Å². The molecule has 23 heavy (non-hydrogen) atoms. The van der Waals surface area contributed by atoms with Crippen molar-refractivity contribution in [1.82, 2.24) is 4.98 Å². The molecule has 118 valence electrons. The van der Waals surface area contributed by atoms with Gasteiger partial charge in [0.1, 0.15) is 17.4 Å². The highest BCUT2D eigenvalue weighted by Crippen LogP contribution is 2.18. The predicted molar refractivity (Wildman–Crippen MR) is 90.5 cm³/mol. The van der Waals surface area contributed by atoms with Gasteiger partial charge in [0.2, 0.25) is 0 Å². The number of furan rings is 1. The lowest BCUT2D eigenvalue weighted by atomic mass is 10.0. The fourth-order valence-corrected chi connectivity index (χ4v) is 2.67. The Morgan fingerprint density at radius 1 is 1.39 bits per heavy atom. The van der Waals surface area contributed by atoms with E-state index in [1.165, 1.54) is 0 Å². The number of carbonyl (C=O) groups is 1. The van der Waals surface area contributed by atoms with Crippen LogP contribution >= 0.6 is 0 Å². The molecule has 1 aliphatic rings. The van der Waals surface area contributed by atoms with Crippen LogP contribution in [0.4, 0.5) is 5.69 Å². The van der Waals surface area contributed by atoms with Crippen LogP contribution < -0.4 is 16.0 Å². The zero-order valence-electron chi connectivity index (χ0n) is 13.1. The number of carbonyl (C=O) groups excluding carboxylic acids is 1. The molecule has 0 saturated heterocycles. The summed E-state index contributed by atoms with van der Waals surface area (Å²) in [6, 6.07) is 1.69. The number of nitrogens with one attached hydrogen (secondary N) is 2. The highest BCUT2D eigenvalue weighted by Gasteiger charge is 2.16. The first-order valence-electron chi connectivity index (χ1n) is 7.81. The Hall–Kier alpha value is -2.69. The summed E-state index contributed by atoms with van der Waals surface area (Å²) in [5, 5.41) is 12.8. The van der Waals surface area contributed by atoms with Crippen LogP contribution in [0.25, 0.3) is 12.2 Å². The second-order valence-electron chi connectivity index (χ2n) is 5.49. The van der Waals surface area contributed by atoms with Crippen LogP contribution in [0, 0.1) is 5.41 Å². The van der Waals surface area contributed by atoms with Gasteiger partial charge in [-0.3, -0.25) is 15.2 Å². The van der Waals surface area contributed by atoms with E-state index in [0.29, 0.717) is 23.3 Å². The number of anilines is 1. The molecule has 0 atom stereocenters. The van der Waals surface area contributed by atoms with Gasteiger partial charge >= 0.3 is 0 Å². The highest BCUT2D eigenvalue weighted by molar-refractivity contribution is 6.14. The average Bonchev–Trinajstić information content (AvgIpc) is 3.03. The molecule has 5 nitrogen and oxygen atoms in total. The summed E-state index contributed by atoms with van der Waals surface area (Å²) in [6.45, 7) is 2.84. The van der Waals surface area contributed by atoms with E-state index in [1.807, 2.05) is 0 Å². The molecule has 0 spiro atoms. The first-order valence-corrected chi connectivity index (χ1v) is 7.81. The molecular formula is C18H19N3O2. The van der Waals surface area contributed by atoms with Crippen LogP contribution in [0.15, 0.2) is 22.9 Å². The number of hydrogen-bond donors (Lipinski definition) is 2. The second-order valence-corrected chi connectivity index (χ2v) is 5.49. The van der Waals surface area contributed by atoms with Crippen molar-refractivity contribution in [3.63, 3.8) is 0 Å². The molecule has 0 fully saturated rings. The lowest BCUT2D eigenvalue weighted by molar-refractivity contribution is 0.111. The fraction of sp³-hybridized carbons (Fsp3) is 0.278. The minimum Gasteiger partial charge on any atom is -0.464 e. The molecule has 1 aliphatic carbocycles. The van der Waals surface area contributed by atoms with Gasteiger partial charge in [-0.15, -0.1) is 0 Å². The Morgan fingerprint density at radius 2 is 2.22 bits per heavy atom. The summed E-state index contributed by atoms with van der Waals surface area (Å²) in [5.41, 5.74) is 3.72. The summed E-state index contributed by atoms with van der Waals surface area (Å²) in [5.74, 6) is 0. The van der Waals surface area contributed by atoms with E-state index in [4.69, 9.17) is 9.83 Å². The zero-order valence-corrected chi connectivity index (χ0v) is 13.1. The maximum absolute atomic E-state index is 11.0. The van der Waals surface area contributed by atoms with Gasteiger partial charge in [0.25, 0.3) is 0 Å². The van der Waals surface area contributed by atoms with Gasteiger partial charge in [-0.2, -0.15) is 0 Å². The van der Waals surface area contributed by atoms with E-state index in [-0.39, 0.29) is 0 Å². The molecule has 0 aromatic carbocycles. The topological polar surface area (TPSA) is 79.0 Å². The average molecular weight is 309 g/mol. The number of hydrogen-bond acceptors (Lipinski definition) is 5. The lowest BCUT2D eigenvalue weighted by Gasteiger charge is -2.12. The Bertz CT molecular complexity index is 865. The largest absolute Gasteiger partial charge is 0.464 e. The van der Waals surface area contributed by atoms with Crippen LogP contribution in [0.5, 0.6) is 0 Å². The molecule has 5 heteroatoms. The van der Waals surface area contributed by atoms with Crippen molar-refractivity contribution in [2.75, 3.05) is 11.9 Å². The third-order valence-corrected chi connectivity index (χ3v) is 3.85. The van der Waals surface area contributed by atoms with E-state index >= 15 is 0 Å². The summed E-state index contributed by atoms with van der Waals surface area (Å²) in [4.78, 5) is 15.1. The van der Waals surface area contributed by atoms with Gasteiger partial charge in [-0.1, -0.05) is 13.0 Å². The van der Waals surface area contributed by atoms with Crippen LogP contribution in [0.1, 0.15) is 47.8 Å². The number of aldehydes is 1. The molecule has 0 radical (unpaired) electrons. The smallest absolute Gasteiger partial charge is 0.168 e. The summed E-state index contributed by atoms with van der Waals surface area (Å²) in [6.07, 6.45) is 11.0. The van der Waals surface area contributed by atoms with E-state index in [0.717, 1.165) is 47.7 Å². The molecule has 2 aromatic heterocycles. The molecule has 2 heterocycles. The summed E-state index contributed by atoms with van der Waals surface area (Å²) < 4.78 is 5.57.